The average molecular weight is 317 g/mol. The fourth-order valence-electron chi connectivity index (χ4n) is 2.27. The predicted molar refractivity (Wildman–Crippen MR) is 83.5 cm³/mol. The molecule has 20 heavy (non-hydrogen) atoms. The average Bonchev–Trinajstić information content (AvgIpc) is 2.89. The number of rotatable bonds is 6. The molecule has 0 amide bonds. The second-order valence-corrected chi connectivity index (χ2v) is 8.12. The van der Waals surface area contributed by atoms with Gasteiger partial charge in [0.05, 0.1) is 4.90 Å². The van der Waals surface area contributed by atoms with Crippen LogP contribution in [0.15, 0.2) is 17.2 Å². The highest BCUT2D eigenvalue weighted by molar-refractivity contribution is 7.99. The molecule has 1 aliphatic heterocycles. The zero-order chi connectivity index (χ0) is 14.6. The van der Waals surface area contributed by atoms with Gasteiger partial charge in [0.1, 0.15) is 0 Å². The maximum atomic E-state index is 12.6. The van der Waals surface area contributed by atoms with E-state index in [0.29, 0.717) is 18.0 Å². The van der Waals surface area contributed by atoms with Gasteiger partial charge in [-0.15, -0.1) is 0 Å². The van der Waals surface area contributed by atoms with Crippen molar-refractivity contribution < 1.29 is 8.42 Å². The zero-order valence-electron chi connectivity index (χ0n) is 12.1. The number of thioether (sulfide) groups is 1. The van der Waals surface area contributed by atoms with Crippen LogP contribution in [-0.2, 0) is 16.6 Å². The summed E-state index contributed by atoms with van der Waals surface area (Å²) in [5.74, 6) is 1.74. The number of hydrogen-bond donors (Lipinski definition) is 2. The Morgan fingerprint density at radius 2 is 2.35 bits per heavy atom. The van der Waals surface area contributed by atoms with Crippen LogP contribution in [0.25, 0.3) is 0 Å². The Bertz CT molecular complexity index is 527. The maximum absolute atomic E-state index is 12.6. The SMILES string of the molecule is CCCNCc1cc(S(=O)(=O)N2CCSCC2C)c[nH]1. The molecule has 1 atom stereocenters. The Balaban J connectivity index is 2.09. The van der Waals surface area contributed by atoms with E-state index in [1.165, 1.54) is 0 Å². The molecule has 0 bridgehead atoms. The molecule has 5 nitrogen and oxygen atoms in total. The van der Waals surface area contributed by atoms with E-state index < -0.39 is 10.0 Å². The van der Waals surface area contributed by atoms with Crippen molar-refractivity contribution in [1.29, 1.82) is 0 Å². The zero-order valence-corrected chi connectivity index (χ0v) is 13.7. The van der Waals surface area contributed by atoms with Gasteiger partial charge in [-0.05, 0) is 26.0 Å². The molecule has 114 valence electrons. The molecule has 1 aromatic rings. The third-order valence-electron chi connectivity index (χ3n) is 3.37. The Kier molecular flexibility index (Phi) is 5.54. The van der Waals surface area contributed by atoms with Crippen LogP contribution in [0, 0.1) is 0 Å². The largest absolute Gasteiger partial charge is 0.363 e. The fourth-order valence-corrected chi connectivity index (χ4v) is 5.15. The topological polar surface area (TPSA) is 65.2 Å². The second-order valence-electron chi connectivity index (χ2n) is 5.08. The number of nitrogens with one attached hydrogen (secondary N) is 2. The summed E-state index contributed by atoms with van der Waals surface area (Å²) in [7, 11) is -3.36. The molecule has 2 rings (SSSR count). The van der Waals surface area contributed by atoms with Crippen molar-refractivity contribution in [1.82, 2.24) is 14.6 Å². The molecule has 0 aromatic carbocycles. The molecule has 1 unspecified atom stereocenters. The lowest BCUT2D eigenvalue weighted by atomic mass is 10.4. The molecule has 1 fully saturated rings. The Hall–Kier alpha value is -0.500. The lowest BCUT2D eigenvalue weighted by Crippen LogP contribution is -2.44. The highest BCUT2D eigenvalue weighted by Gasteiger charge is 2.31. The van der Waals surface area contributed by atoms with Gasteiger partial charge in [0.25, 0.3) is 0 Å². The quantitative estimate of drug-likeness (QED) is 0.783. The summed E-state index contributed by atoms with van der Waals surface area (Å²) in [6, 6.07) is 1.81. The first-order chi connectivity index (χ1) is 9.55. The molecule has 0 radical (unpaired) electrons. The van der Waals surface area contributed by atoms with Gasteiger partial charge in [-0.25, -0.2) is 8.42 Å². The van der Waals surface area contributed by atoms with E-state index in [4.69, 9.17) is 0 Å². The Morgan fingerprint density at radius 1 is 1.55 bits per heavy atom. The van der Waals surface area contributed by atoms with Crippen LogP contribution in [-0.4, -0.2) is 48.3 Å². The van der Waals surface area contributed by atoms with Crippen molar-refractivity contribution >= 4 is 21.8 Å². The van der Waals surface area contributed by atoms with Crippen molar-refractivity contribution in [2.24, 2.45) is 0 Å². The minimum absolute atomic E-state index is 0.0651. The molecule has 0 aliphatic carbocycles. The van der Waals surface area contributed by atoms with Crippen LogP contribution in [0.5, 0.6) is 0 Å². The predicted octanol–water partition coefficient (Wildman–Crippen LogP) is 1.64. The number of nitrogens with zero attached hydrogens (tertiary/aromatic N) is 1. The standard InChI is InChI=1S/C13H23N3O2S2/c1-3-4-14-8-12-7-13(9-15-12)20(17,18)16-5-6-19-10-11(16)2/h7,9,11,14-15H,3-6,8,10H2,1-2H3. The minimum Gasteiger partial charge on any atom is -0.363 e. The van der Waals surface area contributed by atoms with E-state index in [1.807, 2.05) is 18.7 Å². The van der Waals surface area contributed by atoms with E-state index in [9.17, 15) is 8.42 Å². The normalized spacial score (nSPS) is 21.2. The maximum Gasteiger partial charge on any atom is 0.244 e. The molecule has 7 heteroatoms. The van der Waals surface area contributed by atoms with Crippen molar-refractivity contribution in [2.45, 2.75) is 37.8 Å². The summed E-state index contributed by atoms with van der Waals surface area (Å²) in [4.78, 5) is 3.43. The Morgan fingerprint density at radius 3 is 3.05 bits per heavy atom. The van der Waals surface area contributed by atoms with E-state index in [2.05, 4.69) is 17.2 Å². The third kappa shape index (κ3) is 3.58. The number of aromatic nitrogens is 1. The number of H-pyrrole nitrogens is 1. The minimum atomic E-state index is -3.36. The summed E-state index contributed by atoms with van der Waals surface area (Å²) in [6.45, 7) is 6.28. The molecular formula is C13H23N3O2S2. The van der Waals surface area contributed by atoms with Crippen LogP contribution >= 0.6 is 11.8 Å². The highest BCUT2D eigenvalue weighted by Crippen LogP contribution is 2.24. The van der Waals surface area contributed by atoms with Crippen LogP contribution in [0.1, 0.15) is 26.0 Å². The van der Waals surface area contributed by atoms with Crippen LogP contribution < -0.4 is 5.32 Å². The molecule has 2 heterocycles. The molecule has 2 N–H and O–H groups in total. The Labute approximate surface area is 125 Å². The van der Waals surface area contributed by atoms with Gasteiger partial charge in [0.15, 0.2) is 0 Å². The number of hydrogen-bond acceptors (Lipinski definition) is 4. The number of aromatic amines is 1. The molecular weight excluding hydrogens is 294 g/mol. The molecule has 0 saturated carbocycles. The van der Waals surface area contributed by atoms with Gasteiger partial charge in [0.2, 0.25) is 10.0 Å². The van der Waals surface area contributed by atoms with Gasteiger partial charge in [-0.3, -0.25) is 0 Å². The molecule has 1 saturated heterocycles. The highest BCUT2D eigenvalue weighted by atomic mass is 32.2. The summed E-state index contributed by atoms with van der Waals surface area (Å²) in [5.41, 5.74) is 0.913. The molecule has 0 spiro atoms. The molecule has 1 aliphatic rings. The van der Waals surface area contributed by atoms with Crippen molar-refractivity contribution in [2.75, 3.05) is 24.6 Å². The van der Waals surface area contributed by atoms with Crippen LogP contribution in [0.4, 0.5) is 0 Å². The first-order valence-electron chi connectivity index (χ1n) is 7.03. The van der Waals surface area contributed by atoms with E-state index in [0.717, 1.165) is 30.2 Å². The summed E-state index contributed by atoms with van der Waals surface area (Å²) in [6.07, 6.45) is 2.67. The van der Waals surface area contributed by atoms with E-state index in [-0.39, 0.29) is 6.04 Å². The van der Waals surface area contributed by atoms with Crippen molar-refractivity contribution in [3.63, 3.8) is 0 Å². The second kappa shape index (κ2) is 6.98. The lowest BCUT2D eigenvalue weighted by Gasteiger charge is -2.31. The summed E-state index contributed by atoms with van der Waals surface area (Å²) in [5, 5.41) is 3.26. The van der Waals surface area contributed by atoms with Crippen molar-refractivity contribution in [3.05, 3.63) is 18.0 Å². The van der Waals surface area contributed by atoms with Gasteiger partial charge < -0.3 is 10.3 Å². The fraction of sp³-hybridized carbons (Fsp3) is 0.692. The van der Waals surface area contributed by atoms with E-state index >= 15 is 0 Å². The smallest absolute Gasteiger partial charge is 0.244 e. The lowest BCUT2D eigenvalue weighted by molar-refractivity contribution is 0.367. The summed E-state index contributed by atoms with van der Waals surface area (Å²) < 4.78 is 26.9. The van der Waals surface area contributed by atoms with Gasteiger partial charge >= 0.3 is 0 Å². The monoisotopic (exact) mass is 317 g/mol. The summed E-state index contributed by atoms with van der Waals surface area (Å²) >= 11 is 1.81. The first kappa shape index (κ1) is 15.9. The third-order valence-corrected chi connectivity index (χ3v) is 6.55. The van der Waals surface area contributed by atoms with Gasteiger partial charge in [-0.2, -0.15) is 16.1 Å². The molecule has 1 aromatic heterocycles. The van der Waals surface area contributed by atoms with Gasteiger partial charge in [0, 0.05) is 42.5 Å². The van der Waals surface area contributed by atoms with Crippen molar-refractivity contribution in [3.8, 4) is 0 Å². The first-order valence-corrected chi connectivity index (χ1v) is 9.62. The van der Waals surface area contributed by atoms with Crippen LogP contribution in [0.3, 0.4) is 0 Å². The van der Waals surface area contributed by atoms with Gasteiger partial charge in [-0.1, -0.05) is 6.92 Å². The van der Waals surface area contributed by atoms with E-state index in [1.54, 1.807) is 16.6 Å². The number of sulfonamides is 1. The van der Waals surface area contributed by atoms with Crippen LogP contribution in [0.2, 0.25) is 0 Å².